The molecule has 0 saturated heterocycles. The summed E-state index contributed by atoms with van der Waals surface area (Å²) >= 11 is 1.83. The minimum absolute atomic E-state index is 0.949. The SMILES string of the molecule is c1ccc(CCNCc2cc(-c3ccccc3)cs2)cc1. The van der Waals surface area contributed by atoms with Crippen LogP contribution in [0.1, 0.15) is 10.4 Å². The molecule has 106 valence electrons. The molecule has 3 rings (SSSR count). The van der Waals surface area contributed by atoms with Crippen molar-refractivity contribution in [3.8, 4) is 11.1 Å². The Kier molecular flexibility index (Phi) is 4.82. The van der Waals surface area contributed by atoms with Gasteiger partial charge in [-0.1, -0.05) is 60.7 Å². The fraction of sp³-hybridized carbons (Fsp3) is 0.158. The summed E-state index contributed by atoms with van der Waals surface area (Å²) in [7, 11) is 0. The van der Waals surface area contributed by atoms with Gasteiger partial charge in [0.05, 0.1) is 0 Å². The second-order valence-corrected chi connectivity index (χ2v) is 6.08. The van der Waals surface area contributed by atoms with E-state index >= 15 is 0 Å². The van der Waals surface area contributed by atoms with Gasteiger partial charge in [-0.2, -0.15) is 0 Å². The Morgan fingerprint density at radius 2 is 1.52 bits per heavy atom. The van der Waals surface area contributed by atoms with E-state index in [-0.39, 0.29) is 0 Å². The molecule has 3 aromatic rings. The highest BCUT2D eigenvalue weighted by atomic mass is 32.1. The number of nitrogens with one attached hydrogen (secondary N) is 1. The molecule has 0 radical (unpaired) electrons. The van der Waals surface area contributed by atoms with Crippen LogP contribution in [-0.4, -0.2) is 6.54 Å². The third-order valence-electron chi connectivity index (χ3n) is 3.49. The normalized spacial score (nSPS) is 10.7. The minimum Gasteiger partial charge on any atom is -0.312 e. The molecule has 21 heavy (non-hydrogen) atoms. The predicted octanol–water partition coefficient (Wildman–Crippen LogP) is 4.75. The molecule has 0 atom stereocenters. The lowest BCUT2D eigenvalue weighted by atomic mass is 10.1. The summed E-state index contributed by atoms with van der Waals surface area (Å²) in [6.45, 7) is 1.97. The molecule has 0 aliphatic carbocycles. The van der Waals surface area contributed by atoms with Crippen LogP contribution >= 0.6 is 11.3 Å². The third-order valence-corrected chi connectivity index (χ3v) is 4.43. The lowest BCUT2D eigenvalue weighted by molar-refractivity contribution is 0.694. The zero-order valence-electron chi connectivity index (χ0n) is 12.0. The molecule has 0 fully saturated rings. The second kappa shape index (κ2) is 7.21. The van der Waals surface area contributed by atoms with Crippen molar-refractivity contribution in [1.29, 1.82) is 0 Å². The zero-order valence-corrected chi connectivity index (χ0v) is 12.8. The molecule has 0 aliphatic heterocycles. The van der Waals surface area contributed by atoms with E-state index in [1.165, 1.54) is 21.6 Å². The first-order chi connectivity index (χ1) is 10.4. The molecule has 0 aliphatic rings. The average molecular weight is 293 g/mol. The third kappa shape index (κ3) is 4.03. The first kappa shape index (κ1) is 14.1. The summed E-state index contributed by atoms with van der Waals surface area (Å²) in [5.41, 5.74) is 4.01. The van der Waals surface area contributed by atoms with Crippen molar-refractivity contribution in [2.24, 2.45) is 0 Å². The van der Waals surface area contributed by atoms with Gasteiger partial charge in [0.1, 0.15) is 0 Å². The predicted molar refractivity (Wildman–Crippen MR) is 91.6 cm³/mol. The molecule has 0 amide bonds. The van der Waals surface area contributed by atoms with E-state index in [2.05, 4.69) is 77.4 Å². The molecule has 1 nitrogen and oxygen atoms in total. The minimum atomic E-state index is 0.949. The van der Waals surface area contributed by atoms with Crippen LogP contribution in [0, 0.1) is 0 Å². The van der Waals surface area contributed by atoms with Gasteiger partial charge < -0.3 is 5.32 Å². The van der Waals surface area contributed by atoms with Crippen molar-refractivity contribution in [1.82, 2.24) is 5.32 Å². The number of rotatable bonds is 6. The molecular weight excluding hydrogens is 274 g/mol. The van der Waals surface area contributed by atoms with Crippen LogP contribution in [0.5, 0.6) is 0 Å². The standard InChI is InChI=1S/C19H19NS/c1-3-7-16(8-4-1)11-12-20-14-19-13-18(15-21-19)17-9-5-2-6-10-17/h1-10,13,15,20H,11-12,14H2. The summed E-state index contributed by atoms with van der Waals surface area (Å²) in [5, 5.41) is 5.76. The Bertz CT molecular complexity index is 658. The fourth-order valence-corrected chi connectivity index (χ4v) is 3.21. The van der Waals surface area contributed by atoms with E-state index in [1.807, 2.05) is 11.3 Å². The van der Waals surface area contributed by atoms with Crippen LogP contribution < -0.4 is 5.32 Å². The zero-order chi connectivity index (χ0) is 14.3. The molecule has 2 aromatic carbocycles. The van der Waals surface area contributed by atoms with Gasteiger partial charge in [0.15, 0.2) is 0 Å². The van der Waals surface area contributed by atoms with E-state index in [4.69, 9.17) is 0 Å². The monoisotopic (exact) mass is 293 g/mol. The van der Waals surface area contributed by atoms with Crippen molar-refractivity contribution in [3.05, 3.63) is 82.6 Å². The smallest absolute Gasteiger partial charge is 0.0300 e. The van der Waals surface area contributed by atoms with E-state index < -0.39 is 0 Å². The van der Waals surface area contributed by atoms with Crippen LogP contribution in [0.3, 0.4) is 0 Å². The number of benzene rings is 2. The maximum Gasteiger partial charge on any atom is 0.0300 e. The van der Waals surface area contributed by atoms with Gasteiger partial charge in [0.25, 0.3) is 0 Å². The summed E-state index contributed by atoms with van der Waals surface area (Å²) in [4.78, 5) is 1.39. The van der Waals surface area contributed by atoms with Gasteiger partial charge in [-0.3, -0.25) is 0 Å². The van der Waals surface area contributed by atoms with Crippen molar-refractivity contribution < 1.29 is 0 Å². The van der Waals surface area contributed by atoms with E-state index in [0.29, 0.717) is 0 Å². The van der Waals surface area contributed by atoms with Gasteiger partial charge >= 0.3 is 0 Å². The van der Waals surface area contributed by atoms with Crippen molar-refractivity contribution in [3.63, 3.8) is 0 Å². The van der Waals surface area contributed by atoms with Crippen LogP contribution in [-0.2, 0) is 13.0 Å². The van der Waals surface area contributed by atoms with Crippen LogP contribution in [0.25, 0.3) is 11.1 Å². The Balaban J connectivity index is 1.49. The highest BCUT2D eigenvalue weighted by Gasteiger charge is 2.01. The lowest BCUT2D eigenvalue weighted by Crippen LogP contribution is -2.15. The van der Waals surface area contributed by atoms with Crippen molar-refractivity contribution in [2.45, 2.75) is 13.0 Å². The summed E-state index contributed by atoms with van der Waals surface area (Å²) < 4.78 is 0. The van der Waals surface area contributed by atoms with Gasteiger partial charge in [-0.05, 0) is 41.1 Å². The number of hydrogen-bond acceptors (Lipinski definition) is 2. The summed E-state index contributed by atoms with van der Waals surface area (Å²) in [6.07, 6.45) is 1.08. The quantitative estimate of drug-likeness (QED) is 0.647. The van der Waals surface area contributed by atoms with Crippen molar-refractivity contribution in [2.75, 3.05) is 6.54 Å². The molecule has 0 spiro atoms. The van der Waals surface area contributed by atoms with Crippen LogP contribution in [0.4, 0.5) is 0 Å². The van der Waals surface area contributed by atoms with Crippen LogP contribution in [0.2, 0.25) is 0 Å². The lowest BCUT2D eigenvalue weighted by Gasteiger charge is -2.03. The number of hydrogen-bond donors (Lipinski definition) is 1. The van der Waals surface area contributed by atoms with Gasteiger partial charge in [0, 0.05) is 11.4 Å². The largest absolute Gasteiger partial charge is 0.312 e. The van der Waals surface area contributed by atoms with Gasteiger partial charge in [0.2, 0.25) is 0 Å². The maximum atomic E-state index is 3.53. The van der Waals surface area contributed by atoms with E-state index in [1.54, 1.807) is 0 Å². The molecule has 1 aromatic heterocycles. The first-order valence-corrected chi connectivity index (χ1v) is 8.17. The summed E-state index contributed by atoms with van der Waals surface area (Å²) in [5.74, 6) is 0. The maximum absolute atomic E-state index is 3.53. The van der Waals surface area contributed by atoms with E-state index in [9.17, 15) is 0 Å². The highest BCUT2D eigenvalue weighted by molar-refractivity contribution is 7.10. The van der Waals surface area contributed by atoms with Gasteiger partial charge in [-0.15, -0.1) is 11.3 Å². The van der Waals surface area contributed by atoms with E-state index in [0.717, 1.165) is 19.5 Å². The Labute approximate surface area is 130 Å². The topological polar surface area (TPSA) is 12.0 Å². The molecule has 2 heteroatoms. The molecule has 0 unspecified atom stereocenters. The Morgan fingerprint density at radius 1 is 0.810 bits per heavy atom. The van der Waals surface area contributed by atoms with Gasteiger partial charge in [-0.25, -0.2) is 0 Å². The molecular formula is C19H19NS. The second-order valence-electron chi connectivity index (χ2n) is 5.08. The van der Waals surface area contributed by atoms with Crippen molar-refractivity contribution >= 4 is 11.3 Å². The molecule has 0 saturated carbocycles. The Hall–Kier alpha value is -1.90. The molecule has 1 N–H and O–H groups in total. The van der Waals surface area contributed by atoms with Crippen LogP contribution in [0.15, 0.2) is 72.1 Å². The number of thiophene rings is 1. The fourth-order valence-electron chi connectivity index (χ4n) is 2.34. The molecule has 1 heterocycles. The first-order valence-electron chi connectivity index (χ1n) is 7.29. The molecule has 0 bridgehead atoms. The average Bonchev–Trinajstić information content (AvgIpc) is 3.02. The highest BCUT2D eigenvalue weighted by Crippen LogP contribution is 2.25. The Morgan fingerprint density at radius 3 is 2.29 bits per heavy atom. The summed E-state index contributed by atoms with van der Waals surface area (Å²) in [6, 6.07) is 23.5.